The van der Waals surface area contributed by atoms with Crippen LogP contribution in [0.5, 0.6) is 5.75 Å². The molecule has 2 rings (SSSR count). The largest absolute Gasteiger partial charge is 0.508 e. The van der Waals surface area contributed by atoms with Crippen LogP contribution in [-0.2, 0) is 11.2 Å². The Balaban J connectivity index is 1.98. The van der Waals surface area contributed by atoms with E-state index in [-0.39, 0.29) is 5.75 Å². The fraction of sp³-hybridized carbons (Fsp3) is 0.188. The van der Waals surface area contributed by atoms with Crippen molar-refractivity contribution in [1.82, 2.24) is 5.32 Å². The molecule has 1 atom stereocenters. The molecule has 0 aliphatic rings. The van der Waals surface area contributed by atoms with Crippen molar-refractivity contribution in [2.75, 3.05) is 6.54 Å². The van der Waals surface area contributed by atoms with E-state index in [0.717, 1.165) is 12.0 Å². The summed E-state index contributed by atoms with van der Waals surface area (Å²) in [4.78, 5) is 11.3. The first kappa shape index (κ1) is 14.1. The zero-order chi connectivity index (χ0) is 14.4. The standard InChI is InChI=1S/C16H17NO3/c18-14-8-4-7-13(11-14)15(16(19)20)17-10-9-12-5-2-1-3-6-12/h1-8,11,15,17-18H,9-10H2,(H,19,20). The van der Waals surface area contributed by atoms with Crippen LogP contribution in [0.2, 0.25) is 0 Å². The Morgan fingerprint density at radius 1 is 1.10 bits per heavy atom. The molecule has 0 saturated heterocycles. The van der Waals surface area contributed by atoms with Crippen LogP contribution in [0.1, 0.15) is 17.2 Å². The molecule has 0 aliphatic carbocycles. The molecule has 2 aromatic carbocycles. The smallest absolute Gasteiger partial charge is 0.325 e. The molecule has 0 aromatic heterocycles. The second-order valence-corrected chi connectivity index (χ2v) is 4.56. The van der Waals surface area contributed by atoms with Gasteiger partial charge in [-0.05, 0) is 29.7 Å². The van der Waals surface area contributed by atoms with Gasteiger partial charge in [0.1, 0.15) is 11.8 Å². The average molecular weight is 271 g/mol. The highest BCUT2D eigenvalue weighted by atomic mass is 16.4. The molecule has 4 heteroatoms. The van der Waals surface area contributed by atoms with Gasteiger partial charge in [0.2, 0.25) is 0 Å². The number of hydrogen-bond acceptors (Lipinski definition) is 3. The predicted molar refractivity (Wildman–Crippen MR) is 76.6 cm³/mol. The SMILES string of the molecule is O=C(O)C(NCCc1ccccc1)c1cccc(O)c1. The molecule has 0 fully saturated rings. The highest BCUT2D eigenvalue weighted by Gasteiger charge is 2.19. The summed E-state index contributed by atoms with van der Waals surface area (Å²) in [6.45, 7) is 0.552. The normalized spacial score (nSPS) is 12.0. The van der Waals surface area contributed by atoms with Gasteiger partial charge in [-0.1, -0.05) is 42.5 Å². The average Bonchev–Trinajstić information content (AvgIpc) is 2.44. The summed E-state index contributed by atoms with van der Waals surface area (Å²) in [5, 5.41) is 21.7. The van der Waals surface area contributed by atoms with Crippen molar-refractivity contribution >= 4 is 5.97 Å². The maximum absolute atomic E-state index is 11.3. The molecule has 3 N–H and O–H groups in total. The summed E-state index contributed by atoms with van der Waals surface area (Å²) in [6.07, 6.45) is 0.753. The van der Waals surface area contributed by atoms with Gasteiger partial charge in [0.25, 0.3) is 0 Å². The Hall–Kier alpha value is -2.33. The molecule has 0 saturated carbocycles. The highest BCUT2D eigenvalue weighted by Crippen LogP contribution is 2.18. The maximum atomic E-state index is 11.3. The number of nitrogens with one attached hydrogen (secondary N) is 1. The summed E-state index contributed by atoms with van der Waals surface area (Å²) >= 11 is 0. The molecule has 20 heavy (non-hydrogen) atoms. The highest BCUT2D eigenvalue weighted by molar-refractivity contribution is 5.75. The van der Waals surface area contributed by atoms with E-state index >= 15 is 0 Å². The quantitative estimate of drug-likeness (QED) is 0.754. The van der Waals surface area contributed by atoms with Gasteiger partial charge in [-0.15, -0.1) is 0 Å². The van der Waals surface area contributed by atoms with Gasteiger partial charge < -0.3 is 15.5 Å². The lowest BCUT2D eigenvalue weighted by molar-refractivity contribution is -0.139. The third-order valence-corrected chi connectivity index (χ3v) is 3.06. The molecular formula is C16H17NO3. The van der Waals surface area contributed by atoms with Crippen LogP contribution in [0, 0.1) is 0 Å². The molecule has 0 radical (unpaired) electrons. The van der Waals surface area contributed by atoms with Crippen LogP contribution in [0.4, 0.5) is 0 Å². The molecule has 0 heterocycles. The summed E-state index contributed by atoms with van der Waals surface area (Å²) in [5.74, 6) is -0.887. The van der Waals surface area contributed by atoms with Gasteiger partial charge in [0, 0.05) is 6.54 Å². The second kappa shape index (κ2) is 6.73. The molecule has 4 nitrogen and oxygen atoms in total. The summed E-state index contributed by atoms with van der Waals surface area (Å²) < 4.78 is 0. The molecule has 0 aliphatic heterocycles. The Labute approximate surface area is 117 Å². The fourth-order valence-corrected chi connectivity index (χ4v) is 2.06. The van der Waals surface area contributed by atoms with E-state index in [2.05, 4.69) is 5.32 Å². The van der Waals surface area contributed by atoms with Crippen LogP contribution < -0.4 is 5.32 Å². The van der Waals surface area contributed by atoms with Crippen molar-refractivity contribution in [1.29, 1.82) is 0 Å². The van der Waals surface area contributed by atoms with Gasteiger partial charge in [0.05, 0.1) is 0 Å². The minimum atomic E-state index is -0.955. The van der Waals surface area contributed by atoms with E-state index in [4.69, 9.17) is 0 Å². The van der Waals surface area contributed by atoms with E-state index in [1.807, 2.05) is 30.3 Å². The number of aromatic hydroxyl groups is 1. The monoisotopic (exact) mass is 271 g/mol. The Bertz CT molecular complexity index is 569. The van der Waals surface area contributed by atoms with Crippen molar-refractivity contribution in [2.24, 2.45) is 0 Å². The van der Waals surface area contributed by atoms with Crippen LogP contribution in [0.15, 0.2) is 54.6 Å². The first-order valence-electron chi connectivity index (χ1n) is 6.46. The molecule has 0 amide bonds. The van der Waals surface area contributed by atoms with Crippen LogP contribution >= 0.6 is 0 Å². The molecule has 104 valence electrons. The summed E-state index contributed by atoms with van der Waals surface area (Å²) in [6, 6.07) is 15.4. The van der Waals surface area contributed by atoms with Crippen molar-refractivity contribution < 1.29 is 15.0 Å². The molecule has 0 bridgehead atoms. The van der Waals surface area contributed by atoms with Gasteiger partial charge in [0.15, 0.2) is 0 Å². The summed E-state index contributed by atoms with van der Waals surface area (Å²) in [7, 11) is 0. The third-order valence-electron chi connectivity index (χ3n) is 3.06. The lowest BCUT2D eigenvalue weighted by atomic mass is 10.1. The Morgan fingerprint density at radius 3 is 2.50 bits per heavy atom. The van der Waals surface area contributed by atoms with E-state index in [1.54, 1.807) is 12.1 Å². The lowest BCUT2D eigenvalue weighted by Crippen LogP contribution is -2.30. The van der Waals surface area contributed by atoms with Crippen molar-refractivity contribution in [2.45, 2.75) is 12.5 Å². The van der Waals surface area contributed by atoms with Crippen molar-refractivity contribution in [3.8, 4) is 5.75 Å². The predicted octanol–water partition coefficient (Wildman–Crippen LogP) is 2.35. The first-order chi connectivity index (χ1) is 9.66. The zero-order valence-electron chi connectivity index (χ0n) is 11.0. The Kier molecular flexibility index (Phi) is 4.74. The maximum Gasteiger partial charge on any atom is 0.325 e. The number of hydrogen-bond donors (Lipinski definition) is 3. The number of carbonyl (C=O) groups is 1. The number of carboxylic acid groups (broad SMARTS) is 1. The van der Waals surface area contributed by atoms with Crippen molar-refractivity contribution in [3.63, 3.8) is 0 Å². The fourth-order valence-electron chi connectivity index (χ4n) is 2.06. The third kappa shape index (κ3) is 3.83. The van der Waals surface area contributed by atoms with Gasteiger partial charge in [-0.2, -0.15) is 0 Å². The lowest BCUT2D eigenvalue weighted by Gasteiger charge is -2.15. The number of carboxylic acids is 1. The van der Waals surface area contributed by atoms with Gasteiger partial charge in [-0.25, -0.2) is 0 Å². The minimum absolute atomic E-state index is 0.0682. The van der Waals surface area contributed by atoms with E-state index in [0.29, 0.717) is 12.1 Å². The van der Waals surface area contributed by atoms with Gasteiger partial charge in [-0.3, -0.25) is 4.79 Å². The van der Waals surface area contributed by atoms with Crippen LogP contribution in [0.3, 0.4) is 0 Å². The van der Waals surface area contributed by atoms with Crippen LogP contribution in [-0.4, -0.2) is 22.7 Å². The van der Waals surface area contributed by atoms with Crippen LogP contribution in [0.25, 0.3) is 0 Å². The second-order valence-electron chi connectivity index (χ2n) is 4.56. The number of phenols is 1. The number of aliphatic carboxylic acids is 1. The van der Waals surface area contributed by atoms with E-state index in [1.165, 1.54) is 12.1 Å². The zero-order valence-corrected chi connectivity index (χ0v) is 11.0. The summed E-state index contributed by atoms with van der Waals surface area (Å²) in [5.41, 5.74) is 1.70. The van der Waals surface area contributed by atoms with Gasteiger partial charge >= 0.3 is 5.97 Å². The van der Waals surface area contributed by atoms with Crippen molar-refractivity contribution in [3.05, 3.63) is 65.7 Å². The minimum Gasteiger partial charge on any atom is -0.508 e. The van der Waals surface area contributed by atoms with E-state index in [9.17, 15) is 15.0 Å². The molecular weight excluding hydrogens is 254 g/mol. The molecule has 2 aromatic rings. The topological polar surface area (TPSA) is 69.6 Å². The van der Waals surface area contributed by atoms with E-state index < -0.39 is 12.0 Å². The number of phenolic OH excluding ortho intramolecular Hbond substituents is 1. The Morgan fingerprint density at radius 2 is 1.85 bits per heavy atom. The first-order valence-corrected chi connectivity index (χ1v) is 6.46. The molecule has 1 unspecified atom stereocenters. The number of rotatable bonds is 6. The number of benzene rings is 2. The molecule has 0 spiro atoms.